The molecule has 3 N–H and O–H groups in total. The summed E-state index contributed by atoms with van der Waals surface area (Å²) in [6.45, 7) is 5.02. The van der Waals surface area contributed by atoms with E-state index in [2.05, 4.69) is 15.3 Å². The minimum absolute atomic E-state index is 0.0900. The second kappa shape index (κ2) is 7.49. The molecule has 1 aliphatic rings. The van der Waals surface area contributed by atoms with Crippen LogP contribution in [0.3, 0.4) is 0 Å². The van der Waals surface area contributed by atoms with E-state index in [-0.39, 0.29) is 18.4 Å². The summed E-state index contributed by atoms with van der Waals surface area (Å²) in [4.78, 5) is 22.0. The summed E-state index contributed by atoms with van der Waals surface area (Å²) in [5.74, 6) is 0.117. The maximum absolute atomic E-state index is 12.8. The minimum atomic E-state index is -1.29. The molecule has 1 saturated carbocycles. The van der Waals surface area contributed by atoms with Crippen molar-refractivity contribution < 1.29 is 15.0 Å². The summed E-state index contributed by atoms with van der Waals surface area (Å²) in [5, 5.41) is 24.0. The van der Waals surface area contributed by atoms with Crippen LogP contribution in [0.15, 0.2) is 42.5 Å². The highest BCUT2D eigenvalue weighted by molar-refractivity contribution is 5.91. The maximum atomic E-state index is 12.8. The topological polar surface area (TPSA) is 100 Å². The fourth-order valence-corrected chi connectivity index (χ4v) is 3.77. The van der Waals surface area contributed by atoms with Crippen molar-refractivity contribution in [1.29, 1.82) is 0 Å². The van der Waals surface area contributed by atoms with Gasteiger partial charge in [-0.2, -0.15) is 0 Å². The molecule has 2 aromatic heterocycles. The Morgan fingerprint density at radius 3 is 2.40 bits per heavy atom. The fourth-order valence-electron chi connectivity index (χ4n) is 3.77. The van der Waals surface area contributed by atoms with Gasteiger partial charge in [-0.05, 0) is 57.7 Å². The number of amides is 1. The molecule has 1 aromatic carbocycles. The molecule has 30 heavy (non-hydrogen) atoms. The van der Waals surface area contributed by atoms with Crippen molar-refractivity contribution in [1.82, 2.24) is 14.5 Å². The van der Waals surface area contributed by atoms with E-state index in [0.29, 0.717) is 28.4 Å². The average Bonchev–Trinajstić information content (AvgIpc) is 2.97. The Hall–Kier alpha value is -2.77. The van der Waals surface area contributed by atoms with E-state index in [1.54, 1.807) is 39.0 Å². The molecule has 158 valence electrons. The molecule has 0 spiro atoms. The Kier molecular flexibility index (Phi) is 5.11. The van der Waals surface area contributed by atoms with Crippen molar-refractivity contribution in [2.24, 2.45) is 0 Å². The van der Waals surface area contributed by atoms with E-state index in [4.69, 9.17) is 0 Å². The predicted molar refractivity (Wildman–Crippen MR) is 115 cm³/mol. The lowest BCUT2D eigenvalue weighted by Gasteiger charge is -2.29. The number of hydrogen-bond donors (Lipinski definition) is 3. The number of nitrogens with zero attached hydrogens (tertiary/aromatic N) is 3. The van der Waals surface area contributed by atoms with Crippen LogP contribution in [-0.4, -0.2) is 30.7 Å². The molecule has 1 aliphatic carbocycles. The first-order valence-electron chi connectivity index (χ1n) is 10.3. The summed E-state index contributed by atoms with van der Waals surface area (Å²) < 4.78 is 1.96. The number of rotatable bonds is 6. The summed E-state index contributed by atoms with van der Waals surface area (Å²) in [7, 11) is 0. The van der Waals surface area contributed by atoms with E-state index < -0.39 is 11.2 Å². The summed E-state index contributed by atoms with van der Waals surface area (Å²) >= 11 is 0. The molecule has 3 aromatic rings. The van der Waals surface area contributed by atoms with Crippen molar-refractivity contribution in [2.45, 2.75) is 63.7 Å². The number of imidazole rings is 1. The summed E-state index contributed by atoms with van der Waals surface area (Å²) in [6.07, 6.45) is 3.01. The average molecular weight is 409 g/mol. The molecular formula is C23H28N4O3. The second-order valence-electron chi connectivity index (χ2n) is 8.85. The van der Waals surface area contributed by atoms with Crippen LogP contribution in [0.4, 0.5) is 5.95 Å². The van der Waals surface area contributed by atoms with Gasteiger partial charge in [-0.1, -0.05) is 30.3 Å². The van der Waals surface area contributed by atoms with Gasteiger partial charge in [0.1, 0.15) is 11.1 Å². The van der Waals surface area contributed by atoms with Gasteiger partial charge in [0.15, 0.2) is 5.65 Å². The zero-order valence-corrected chi connectivity index (χ0v) is 17.6. The van der Waals surface area contributed by atoms with Gasteiger partial charge in [0.2, 0.25) is 11.9 Å². The number of carbonyl (C=O) groups is 1. The lowest BCUT2D eigenvalue weighted by Crippen LogP contribution is -2.30. The molecule has 1 atom stereocenters. The smallest absolute Gasteiger partial charge is 0.229 e. The van der Waals surface area contributed by atoms with Gasteiger partial charge in [0.05, 0.1) is 17.7 Å². The van der Waals surface area contributed by atoms with Gasteiger partial charge in [0, 0.05) is 6.04 Å². The molecule has 7 nitrogen and oxygen atoms in total. The molecule has 0 bridgehead atoms. The third-order valence-corrected chi connectivity index (χ3v) is 5.76. The number of nitrogens with one attached hydrogen (secondary N) is 1. The Labute approximate surface area is 175 Å². The lowest BCUT2D eigenvalue weighted by atomic mass is 9.92. The van der Waals surface area contributed by atoms with Crippen molar-refractivity contribution >= 4 is 23.0 Å². The number of aromatic nitrogens is 3. The molecular weight excluding hydrogens is 380 g/mol. The number of benzene rings is 1. The van der Waals surface area contributed by atoms with E-state index in [9.17, 15) is 15.0 Å². The molecule has 1 unspecified atom stereocenters. The van der Waals surface area contributed by atoms with Crippen molar-refractivity contribution in [2.75, 3.05) is 5.32 Å². The van der Waals surface area contributed by atoms with E-state index >= 15 is 0 Å². The van der Waals surface area contributed by atoms with Crippen molar-refractivity contribution in [3.05, 3.63) is 53.7 Å². The quantitative estimate of drug-likeness (QED) is 0.578. The first kappa shape index (κ1) is 20.5. The molecule has 0 radical (unpaired) electrons. The van der Waals surface area contributed by atoms with Crippen LogP contribution >= 0.6 is 0 Å². The second-order valence-corrected chi connectivity index (χ2v) is 8.85. The van der Waals surface area contributed by atoms with Crippen LogP contribution in [-0.2, 0) is 16.0 Å². The molecule has 7 heteroatoms. The number of hydrogen-bond acceptors (Lipinski definition) is 5. The van der Waals surface area contributed by atoms with Crippen molar-refractivity contribution in [3.63, 3.8) is 0 Å². The lowest BCUT2D eigenvalue weighted by molar-refractivity contribution is -0.120. The number of carbonyl (C=O) groups excluding carboxylic acids is 1. The zero-order valence-electron chi connectivity index (χ0n) is 17.6. The van der Waals surface area contributed by atoms with Gasteiger partial charge in [-0.3, -0.25) is 14.7 Å². The highest BCUT2D eigenvalue weighted by atomic mass is 16.3. The first-order valence-corrected chi connectivity index (χ1v) is 10.3. The summed E-state index contributed by atoms with van der Waals surface area (Å²) in [5.41, 5.74) is 0.208. The van der Waals surface area contributed by atoms with Crippen LogP contribution in [0.1, 0.15) is 63.8 Å². The third-order valence-electron chi connectivity index (χ3n) is 5.76. The minimum Gasteiger partial charge on any atom is -0.385 e. The number of aliphatic hydroxyl groups is 2. The van der Waals surface area contributed by atoms with Crippen LogP contribution in [0, 0.1) is 0 Å². The number of fused-ring (bicyclic) bond motifs is 1. The van der Waals surface area contributed by atoms with Gasteiger partial charge in [-0.25, -0.2) is 9.97 Å². The van der Waals surface area contributed by atoms with E-state index in [1.807, 2.05) is 28.8 Å². The molecule has 0 saturated heterocycles. The normalized spacial score (nSPS) is 16.8. The van der Waals surface area contributed by atoms with E-state index in [1.165, 1.54) is 0 Å². The van der Waals surface area contributed by atoms with Crippen molar-refractivity contribution in [3.8, 4) is 0 Å². The number of anilines is 1. The third kappa shape index (κ3) is 3.95. The Morgan fingerprint density at radius 2 is 1.80 bits per heavy atom. The molecule has 1 fully saturated rings. The maximum Gasteiger partial charge on any atom is 0.229 e. The zero-order chi connectivity index (χ0) is 21.5. The first-order chi connectivity index (χ1) is 14.1. The van der Waals surface area contributed by atoms with Crippen LogP contribution in [0.5, 0.6) is 0 Å². The van der Waals surface area contributed by atoms with Gasteiger partial charge >= 0.3 is 0 Å². The van der Waals surface area contributed by atoms with Gasteiger partial charge < -0.3 is 10.2 Å². The SMILES string of the molecule is CC(C)(O)c1ccc2nc(NC(=O)CC(C)(O)c3ccccc3)n(C3CCC3)c2n1. The fraction of sp³-hybridized carbons (Fsp3) is 0.435. The highest BCUT2D eigenvalue weighted by Gasteiger charge is 2.30. The van der Waals surface area contributed by atoms with Crippen LogP contribution < -0.4 is 5.32 Å². The van der Waals surface area contributed by atoms with Crippen LogP contribution in [0.2, 0.25) is 0 Å². The molecule has 2 heterocycles. The van der Waals surface area contributed by atoms with E-state index in [0.717, 1.165) is 19.3 Å². The Bertz CT molecular complexity index is 1060. The monoisotopic (exact) mass is 408 g/mol. The van der Waals surface area contributed by atoms with Gasteiger partial charge in [0.25, 0.3) is 0 Å². The highest BCUT2D eigenvalue weighted by Crippen LogP contribution is 2.37. The summed E-state index contributed by atoms with van der Waals surface area (Å²) in [6, 6.07) is 12.9. The molecule has 0 aliphatic heterocycles. The standard InChI is InChI=1S/C23H28N4O3/c1-22(2,29)18-13-12-17-20(25-18)27(16-10-7-11-16)21(24-17)26-19(28)14-23(3,30)15-8-5-4-6-9-15/h4-6,8-9,12-13,16,29-30H,7,10-11,14H2,1-3H3,(H,24,26,28). The van der Waals surface area contributed by atoms with Crippen LogP contribution in [0.25, 0.3) is 11.2 Å². The van der Waals surface area contributed by atoms with Gasteiger partial charge in [-0.15, -0.1) is 0 Å². The largest absolute Gasteiger partial charge is 0.385 e. The molecule has 1 amide bonds. The number of pyridine rings is 1. The predicted octanol–water partition coefficient (Wildman–Crippen LogP) is 3.62. The Balaban J connectivity index is 1.64. The molecule has 4 rings (SSSR count). The Morgan fingerprint density at radius 1 is 1.10 bits per heavy atom.